The summed E-state index contributed by atoms with van der Waals surface area (Å²) in [5.74, 6) is -0.863. The fraction of sp³-hybridized carbons (Fsp3) is 0.531. The standard InChI is InChI=1S/C32H39FN2O5/c1-31(2,3)40-30(38)35-23-10-8-22(14-23)28(35)27(36)13-18(17-34)12-21-7-6-20(16-26(21)33)19-9-11-24-25(15-19)32(4,5)39-29(24)37/h6-7,9,11,15-16,18,22-23,28H,8,10,12-14,17,34H2,1-5H3/t18-,22+,23-,28+/m1/s1. The Hall–Kier alpha value is -3.26. The van der Waals surface area contributed by atoms with Crippen LogP contribution >= 0.6 is 0 Å². The van der Waals surface area contributed by atoms with E-state index in [1.54, 1.807) is 23.1 Å². The van der Waals surface area contributed by atoms with Crippen molar-refractivity contribution in [2.24, 2.45) is 17.6 Å². The van der Waals surface area contributed by atoms with Gasteiger partial charge in [-0.05, 0) is 114 Å². The van der Waals surface area contributed by atoms with E-state index in [0.717, 1.165) is 30.4 Å². The highest BCUT2D eigenvalue weighted by atomic mass is 19.1. The number of halogens is 1. The van der Waals surface area contributed by atoms with Gasteiger partial charge in [-0.25, -0.2) is 14.0 Å². The Balaban J connectivity index is 1.29. The summed E-state index contributed by atoms with van der Waals surface area (Å²) in [4.78, 5) is 40.3. The van der Waals surface area contributed by atoms with Crippen molar-refractivity contribution < 1.29 is 28.2 Å². The second-order valence-corrected chi connectivity index (χ2v) is 13.0. The topological polar surface area (TPSA) is 98.9 Å². The maximum atomic E-state index is 15.3. The van der Waals surface area contributed by atoms with Gasteiger partial charge in [0.25, 0.3) is 0 Å². The minimum absolute atomic E-state index is 0.0249. The van der Waals surface area contributed by atoms with Crippen molar-refractivity contribution in [3.8, 4) is 11.1 Å². The molecular formula is C32H39FN2O5. The smallest absolute Gasteiger partial charge is 0.411 e. The first kappa shape index (κ1) is 28.3. The molecule has 2 aromatic carbocycles. The van der Waals surface area contributed by atoms with Crippen LogP contribution in [0.5, 0.6) is 0 Å². The van der Waals surface area contributed by atoms with Gasteiger partial charge >= 0.3 is 12.1 Å². The lowest BCUT2D eigenvalue weighted by Crippen LogP contribution is -2.51. The highest BCUT2D eigenvalue weighted by Gasteiger charge is 2.52. The molecule has 2 aliphatic heterocycles. The Bertz CT molecular complexity index is 1350. The number of piperidine rings is 1. The average molecular weight is 551 g/mol. The van der Waals surface area contributed by atoms with Crippen LogP contribution in [0.4, 0.5) is 9.18 Å². The molecule has 1 aliphatic carbocycles. The van der Waals surface area contributed by atoms with Gasteiger partial charge in [-0.3, -0.25) is 9.69 Å². The zero-order chi connectivity index (χ0) is 29.0. The number of esters is 1. The van der Waals surface area contributed by atoms with Gasteiger partial charge in [-0.1, -0.05) is 18.2 Å². The average Bonchev–Trinajstić information content (AvgIpc) is 3.55. The van der Waals surface area contributed by atoms with Crippen molar-refractivity contribution in [1.82, 2.24) is 4.90 Å². The number of ether oxygens (including phenoxy) is 2. The molecule has 2 heterocycles. The molecule has 5 rings (SSSR count). The van der Waals surface area contributed by atoms with Gasteiger partial charge in [0, 0.05) is 18.0 Å². The number of carbonyl (C=O) groups excluding carboxylic acids is 3. The molecular weight excluding hydrogens is 511 g/mol. The summed E-state index contributed by atoms with van der Waals surface area (Å²) in [7, 11) is 0. The zero-order valence-electron chi connectivity index (χ0n) is 24.0. The Morgan fingerprint density at radius 3 is 2.52 bits per heavy atom. The summed E-state index contributed by atoms with van der Waals surface area (Å²) in [6, 6.07) is 9.99. The molecule has 0 spiro atoms. The van der Waals surface area contributed by atoms with E-state index in [0.29, 0.717) is 23.1 Å². The highest BCUT2D eigenvalue weighted by molar-refractivity contribution is 5.95. The summed E-state index contributed by atoms with van der Waals surface area (Å²) < 4.78 is 26.4. The number of Topliss-reactive ketones (excluding diaryl/α,β-unsaturated/α-hetero) is 1. The van der Waals surface area contributed by atoms with Gasteiger partial charge in [0.1, 0.15) is 17.0 Å². The number of amides is 1. The van der Waals surface area contributed by atoms with Crippen LogP contribution in [0.15, 0.2) is 36.4 Å². The SMILES string of the molecule is CC(C)(C)OC(=O)N1[C@@H]2CC[C@@H](C2)[C@H]1C(=O)C[C@H](CN)Cc1ccc(-c2ccc3c(c2)C(C)(C)OC3=O)cc1F. The van der Waals surface area contributed by atoms with Gasteiger partial charge in [-0.15, -0.1) is 0 Å². The summed E-state index contributed by atoms with van der Waals surface area (Å²) in [5, 5.41) is 0. The molecule has 0 unspecified atom stereocenters. The monoisotopic (exact) mass is 550 g/mol. The van der Waals surface area contributed by atoms with Crippen LogP contribution in [0.3, 0.4) is 0 Å². The van der Waals surface area contributed by atoms with E-state index in [4.69, 9.17) is 15.2 Å². The third kappa shape index (κ3) is 5.38. The second kappa shape index (κ2) is 10.3. The van der Waals surface area contributed by atoms with Crippen molar-refractivity contribution in [2.45, 2.75) is 90.0 Å². The fourth-order valence-corrected chi connectivity index (χ4v) is 6.57. The van der Waals surface area contributed by atoms with Gasteiger partial charge in [0.15, 0.2) is 5.78 Å². The third-order valence-electron chi connectivity index (χ3n) is 8.47. The Morgan fingerprint density at radius 1 is 1.15 bits per heavy atom. The molecule has 1 amide bonds. The quantitative estimate of drug-likeness (QED) is 0.440. The molecule has 1 saturated heterocycles. The number of ketones is 1. The number of cyclic esters (lactones) is 1. The predicted octanol–water partition coefficient (Wildman–Crippen LogP) is 5.76. The molecule has 7 nitrogen and oxygen atoms in total. The van der Waals surface area contributed by atoms with Crippen molar-refractivity contribution in [2.75, 3.05) is 6.54 Å². The van der Waals surface area contributed by atoms with Crippen LogP contribution in [-0.2, 0) is 26.3 Å². The maximum absolute atomic E-state index is 15.3. The summed E-state index contributed by atoms with van der Waals surface area (Å²) >= 11 is 0. The third-order valence-corrected chi connectivity index (χ3v) is 8.47. The molecule has 1 saturated carbocycles. The number of fused-ring (bicyclic) bond motifs is 3. The van der Waals surface area contributed by atoms with Gasteiger partial charge in [0.05, 0.1) is 11.6 Å². The van der Waals surface area contributed by atoms with Crippen LogP contribution in [-0.4, -0.2) is 47.0 Å². The molecule has 214 valence electrons. The first-order valence-electron chi connectivity index (χ1n) is 14.2. The van der Waals surface area contributed by atoms with Crippen molar-refractivity contribution in [3.63, 3.8) is 0 Å². The Morgan fingerprint density at radius 2 is 1.85 bits per heavy atom. The number of rotatable bonds is 7. The molecule has 8 heteroatoms. The highest BCUT2D eigenvalue weighted by Crippen LogP contribution is 2.44. The van der Waals surface area contributed by atoms with Gasteiger partial charge in [0.2, 0.25) is 0 Å². The number of nitrogens with two attached hydrogens (primary N) is 1. The van der Waals surface area contributed by atoms with E-state index in [-0.39, 0.29) is 48.4 Å². The molecule has 0 aromatic heterocycles. The molecule has 2 aromatic rings. The van der Waals surface area contributed by atoms with Crippen molar-refractivity contribution in [1.29, 1.82) is 0 Å². The Kier molecular flexibility index (Phi) is 7.27. The summed E-state index contributed by atoms with van der Waals surface area (Å²) in [6.45, 7) is 9.36. The lowest BCUT2D eigenvalue weighted by Gasteiger charge is -2.36. The number of likely N-dealkylation sites (tertiary alicyclic amines) is 1. The first-order chi connectivity index (χ1) is 18.8. The van der Waals surface area contributed by atoms with E-state index in [1.807, 2.05) is 46.8 Å². The van der Waals surface area contributed by atoms with Crippen molar-refractivity contribution >= 4 is 17.8 Å². The summed E-state index contributed by atoms with van der Waals surface area (Å²) in [5.41, 5.74) is 7.96. The lowest BCUT2D eigenvalue weighted by atomic mass is 9.87. The van der Waals surface area contributed by atoms with Crippen LogP contribution in [0, 0.1) is 17.7 Å². The van der Waals surface area contributed by atoms with Crippen LogP contribution in [0.25, 0.3) is 11.1 Å². The molecule has 3 aliphatic rings. The van der Waals surface area contributed by atoms with E-state index in [2.05, 4.69) is 0 Å². The van der Waals surface area contributed by atoms with E-state index in [1.165, 1.54) is 6.07 Å². The predicted molar refractivity (Wildman–Crippen MR) is 149 cm³/mol. The van der Waals surface area contributed by atoms with Crippen LogP contribution in [0.2, 0.25) is 0 Å². The first-order valence-corrected chi connectivity index (χ1v) is 14.2. The number of benzene rings is 2. The van der Waals surface area contributed by atoms with Gasteiger partial charge < -0.3 is 15.2 Å². The number of carbonyl (C=O) groups is 3. The van der Waals surface area contributed by atoms with Crippen LogP contribution < -0.4 is 5.73 Å². The molecule has 2 bridgehead atoms. The second-order valence-electron chi connectivity index (χ2n) is 13.0. The van der Waals surface area contributed by atoms with E-state index in [9.17, 15) is 14.4 Å². The zero-order valence-corrected chi connectivity index (χ0v) is 24.0. The molecule has 4 atom stereocenters. The molecule has 40 heavy (non-hydrogen) atoms. The maximum Gasteiger partial charge on any atom is 0.411 e. The number of nitrogens with zero attached hydrogens (tertiary/aromatic N) is 1. The molecule has 2 fully saturated rings. The minimum Gasteiger partial charge on any atom is -0.451 e. The molecule has 0 radical (unpaired) electrons. The summed E-state index contributed by atoms with van der Waals surface area (Å²) in [6.07, 6.45) is 2.69. The normalized spacial score (nSPS) is 23.6. The number of hydrogen-bond donors (Lipinski definition) is 1. The van der Waals surface area contributed by atoms with Crippen molar-refractivity contribution in [3.05, 3.63) is 58.9 Å². The minimum atomic E-state index is -0.736. The van der Waals surface area contributed by atoms with Crippen LogP contribution in [0.1, 0.15) is 81.8 Å². The van der Waals surface area contributed by atoms with Gasteiger partial charge in [-0.2, -0.15) is 0 Å². The van der Waals surface area contributed by atoms with E-state index < -0.39 is 23.3 Å². The van der Waals surface area contributed by atoms with E-state index >= 15 is 4.39 Å². The fourth-order valence-electron chi connectivity index (χ4n) is 6.57. The number of hydrogen-bond acceptors (Lipinski definition) is 6. The largest absolute Gasteiger partial charge is 0.451 e. The molecule has 2 N–H and O–H groups in total. The Labute approximate surface area is 235 Å². The lowest BCUT2D eigenvalue weighted by molar-refractivity contribution is -0.126.